The van der Waals surface area contributed by atoms with E-state index in [0.29, 0.717) is 12.1 Å². The van der Waals surface area contributed by atoms with Gasteiger partial charge >= 0.3 is 0 Å². The zero-order chi connectivity index (χ0) is 26.7. The Morgan fingerprint density at radius 3 is 2.62 bits per heavy atom. The molecule has 11 nitrogen and oxygen atoms in total. The molecule has 1 saturated heterocycles. The number of carbonyl (C=O) groups is 3. The van der Waals surface area contributed by atoms with Crippen molar-refractivity contribution in [3.8, 4) is 5.75 Å². The van der Waals surface area contributed by atoms with Crippen LogP contribution >= 0.6 is 0 Å². The zero-order valence-corrected chi connectivity index (χ0v) is 19.9. The van der Waals surface area contributed by atoms with Crippen LogP contribution in [0.1, 0.15) is 40.4 Å². The van der Waals surface area contributed by atoms with E-state index < -0.39 is 69.6 Å². The van der Waals surface area contributed by atoms with E-state index in [-0.39, 0.29) is 47.2 Å². The molecule has 9 N–H and O–H groups in total. The van der Waals surface area contributed by atoms with Crippen LogP contribution in [0.4, 0.5) is 10.1 Å². The van der Waals surface area contributed by atoms with E-state index in [0.717, 1.165) is 13.0 Å². The number of ketones is 2. The summed E-state index contributed by atoms with van der Waals surface area (Å²) in [6.07, 6.45) is 0.560. The molecule has 1 fully saturated rings. The molecule has 1 aromatic rings. The Hall–Kier alpha value is -3.48. The van der Waals surface area contributed by atoms with Gasteiger partial charge in [0.15, 0.2) is 17.1 Å². The van der Waals surface area contributed by atoms with Gasteiger partial charge in [-0.25, -0.2) is 4.39 Å². The zero-order valence-electron chi connectivity index (χ0n) is 19.9. The van der Waals surface area contributed by atoms with E-state index >= 15 is 4.39 Å². The van der Waals surface area contributed by atoms with Crippen LogP contribution < -0.4 is 16.8 Å². The Morgan fingerprint density at radius 1 is 1.24 bits per heavy atom. The lowest BCUT2D eigenvalue weighted by molar-refractivity contribution is -0.145. The van der Waals surface area contributed by atoms with Crippen molar-refractivity contribution in [2.75, 3.05) is 25.5 Å². The van der Waals surface area contributed by atoms with E-state index in [2.05, 4.69) is 5.32 Å². The number of aliphatic hydroxyl groups is 3. The lowest BCUT2D eigenvalue weighted by Crippen LogP contribution is -2.63. The van der Waals surface area contributed by atoms with Gasteiger partial charge in [-0.1, -0.05) is 0 Å². The lowest BCUT2D eigenvalue weighted by Gasteiger charge is -2.48. The summed E-state index contributed by atoms with van der Waals surface area (Å²) in [7, 11) is 1.88. The monoisotopic (exact) mass is 514 g/mol. The Balaban J connectivity index is 1.54. The first kappa shape index (κ1) is 23.9. The molecule has 196 valence electrons. The minimum atomic E-state index is -2.80. The summed E-state index contributed by atoms with van der Waals surface area (Å²) in [4.78, 5) is 40.7. The molecule has 1 aromatic carbocycles. The fraction of sp³-hybridized carbons (Fsp3) is 0.480. The van der Waals surface area contributed by atoms with Gasteiger partial charge in [-0.3, -0.25) is 19.3 Å². The molecule has 6 atom stereocenters. The molecule has 6 rings (SSSR count). The van der Waals surface area contributed by atoms with Gasteiger partial charge in [0, 0.05) is 35.2 Å². The van der Waals surface area contributed by atoms with Gasteiger partial charge in [-0.05, 0) is 44.7 Å². The highest BCUT2D eigenvalue weighted by Crippen LogP contribution is 2.55. The molecule has 0 spiro atoms. The summed E-state index contributed by atoms with van der Waals surface area (Å²) in [5.74, 6) is -8.61. The number of Topliss-reactive ketones (excluding diaryl/α,β-unsaturated/α-hetero) is 2. The first-order chi connectivity index (χ1) is 17.4. The van der Waals surface area contributed by atoms with Crippen molar-refractivity contribution < 1.29 is 39.2 Å². The highest BCUT2D eigenvalue weighted by Gasteiger charge is 2.62. The van der Waals surface area contributed by atoms with E-state index in [1.807, 2.05) is 11.9 Å². The number of nitrogens with two attached hydrogens (primary N) is 2. The number of phenolic OH excluding ortho intramolecular Hbond substituents is 1. The number of fused-ring (bicyclic) bond motifs is 6. The normalized spacial score (nSPS) is 34.9. The number of hydrogen-bond donors (Lipinski definition) is 7. The Kier molecular flexibility index (Phi) is 4.86. The number of phenols is 1. The molecule has 12 heteroatoms. The minimum Gasteiger partial charge on any atom is -0.510 e. The number of aliphatic hydroxyl groups excluding tert-OH is 2. The van der Waals surface area contributed by atoms with Crippen molar-refractivity contribution in [3.05, 3.63) is 45.2 Å². The number of likely N-dealkylation sites (tertiary alicyclic amines) is 1. The first-order valence-corrected chi connectivity index (χ1v) is 12.2. The van der Waals surface area contributed by atoms with Gasteiger partial charge in [0.05, 0.1) is 17.3 Å². The molecule has 1 amide bonds. The van der Waals surface area contributed by atoms with Crippen molar-refractivity contribution >= 4 is 23.2 Å². The number of carbonyl (C=O) groups excluding carboxylic acids is 3. The van der Waals surface area contributed by atoms with Crippen LogP contribution in [0.25, 0.3) is 0 Å². The molecule has 0 bridgehead atoms. The van der Waals surface area contributed by atoms with Gasteiger partial charge in [0.1, 0.15) is 22.9 Å². The quantitative estimate of drug-likeness (QED) is 0.199. The maximum Gasteiger partial charge on any atom is 0.255 e. The number of aromatic hydroxyl groups is 1. The second-order valence-electron chi connectivity index (χ2n) is 10.7. The summed E-state index contributed by atoms with van der Waals surface area (Å²) in [6, 6.07) is -1.73. The van der Waals surface area contributed by atoms with Crippen LogP contribution in [0.15, 0.2) is 22.7 Å². The number of nitrogens with zero attached hydrogens (tertiary/aromatic N) is 1. The van der Waals surface area contributed by atoms with Crippen LogP contribution in [0.5, 0.6) is 5.75 Å². The smallest absolute Gasteiger partial charge is 0.255 e. The van der Waals surface area contributed by atoms with Crippen molar-refractivity contribution in [3.63, 3.8) is 0 Å². The van der Waals surface area contributed by atoms with Crippen LogP contribution in [0.3, 0.4) is 0 Å². The second kappa shape index (κ2) is 7.53. The highest BCUT2D eigenvalue weighted by atomic mass is 19.1. The fourth-order valence-corrected chi connectivity index (χ4v) is 7.21. The van der Waals surface area contributed by atoms with Gasteiger partial charge < -0.3 is 37.2 Å². The summed E-state index contributed by atoms with van der Waals surface area (Å²) in [6.45, 7) is 1.24. The summed E-state index contributed by atoms with van der Waals surface area (Å²) in [5.41, 5.74) is 7.22. The first-order valence-electron chi connectivity index (χ1n) is 12.2. The Morgan fingerprint density at radius 2 is 1.95 bits per heavy atom. The number of amides is 1. The maximum absolute atomic E-state index is 16.2. The summed E-state index contributed by atoms with van der Waals surface area (Å²) < 4.78 is 16.2. The number of nitrogens with one attached hydrogen (secondary N) is 1. The molecule has 2 heterocycles. The third-order valence-corrected chi connectivity index (χ3v) is 9.00. The van der Waals surface area contributed by atoms with E-state index in [4.69, 9.17) is 11.5 Å². The van der Waals surface area contributed by atoms with Gasteiger partial charge in [0.2, 0.25) is 5.78 Å². The Bertz CT molecular complexity index is 1390. The van der Waals surface area contributed by atoms with Crippen molar-refractivity contribution in [2.45, 2.75) is 36.9 Å². The van der Waals surface area contributed by atoms with Crippen LogP contribution in [-0.2, 0) is 16.0 Å². The number of benzene rings is 1. The van der Waals surface area contributed by atoms with Gasteiger partial charge in [0.25, 0.3) is 5.91 Å². The molecular weight excluding hydrogens is 487 g/mol. The van der Waals surface area contributed by atoms with E-state index in [1.165, 1.54) is 0 Å². The van der Waals surface area contributed by atoms with E-state index in [1.54, 1.807) is 0 Å². The molecule has 2 aliphatic heterocycles. The minimum absolute atomic E-state index is 0.00992. The molecule has 0 aromatic heterocycles. The van der Waals surface area contributed by atoms with Gasteiger partial charge in [-0.15, -0.1) is 0 Å². The number of anilines is 1. The molecule has 2 unspecified atom stereocenters. The summed E-state index contributed by atoms with van der Waals surface area (Å²) in [5, 5.41) is 47.2. The molecule has 37 heavy (non-hydrogen) atoms. The Labute approximate surface area is 210 Å². The van der Waals surface area contributed by atoms with Crippen LogP contribution in [-0.4, -0.2) is 74.6 Å². The van der Waals surface area contributed by atoms with Crippen molar-refractivity contribution in [2.24, 2.45) is 29.2 Å². The molecule has 0 saturated carbocycles. The SMILES string of the molecule is CN1CCC2CNc3c(O)c4c(c(F)c3C21)C[C@H]1C[C@H]2[C@H](N)C(O)=C(C(N)=O)C(=O)[C@@]2(O)C(O)=C1C4=O. The fourth-order valence-electron chi connectivity index (χ4n) is 7.21. The molecule has 5 aliphatic rings. The van der Waals surface area contributed by atoms with Gasteiger partial charge in [-0.2, -0.15) is 0 Å². The van der Waals surface area contributed by atoms with Crippen molar-refractivity contribution in [1.82, 2.24) is 4.90 Å². The number of halogens is 1. The molecule has 0 radical (unpaired) electrons. The second-order valence-corrected chi connectivity index (χ2v) is 10.7. The lowest BCUT2D eigenvalue weighted by atomic mass is 9.59. The predicted octanol–water partition coefficient (Wildman–Crippen LogP) is 0.0751. The molecular formula is C25H27FN4O7. The number of primary amides is 1. The molecule has 3 aliphatic carbocycles. The predicted molar refractivity (Wildman–Crippen MR) is 126 cm³/mol. The maximum atomic E-state index is 16.2. The average Bonchev–Trinajstić information content (AvgIpc) is 3.23. The van der Waals surface area contributed by atoms with E-state index in [9.17, 15) is 34.8 Å². The largest absolute Gasteiger partial charge is 0.510 e. The number of hydrogen-bond acceptors (Lipinski definition) is 10. The number of rotatable bonds is 1. The van der Waals surface area contributed by atoms with Crippen LogP contribution in [0, 0.1) is 23.6 Å². The standard InChI is InChI=1S/C25H27FN4O7/c1-30-3-2-7-6-29-17-13(18(7)30)15(26)9-4-8-5-10-16(27)20(32)14(24(28)36)23(35)25(10,37)22(34)11(8)19(31)12(9)21(17)33/h7-8,10,16,18,29,32-34,37H,2-6,27H2,1H3,(H2,28,36)/t7?,8-,10-,16-,18?,25-/m0/s1. The third kappa shape index (κ3) is 2.77. The summed E-state index contributed by atoms with van der Waals surface area (Å²) >= 11 is 0. The average molecular weight is 515 g/mol. The van der Waals surface area contributed by atoms with Crippen LogP contribution in [0.2, 0.25) is 0 Å². The third-order valence-electron chi connectivity index (χ3n) is 9.00. The highest BCUT2D eigenvalue weighted by molar-refractivity contribution is 6.24. The van der Waals surface area contributed by atoms with Crippen molar-refractivity contribution in [1.29, 1.82) is 0 Å². The number of allylic oxidation sites excluding steroid dienone is 1. The topological polar surface area (TPSA) is 199 Å².